The van der Waals surface area contributed by atoms with Gasteiger partial charge in [0.1, 0.15) is 0 Å². The van der Waals surface area contributed by atoms with Crippen molar-refractivity contribution < 1.29 is 31.5 Å². The summed E-state index contributed by atoms with van der Waals surface area (Å²) < 4.78 is 67.5. The van der Waals surface area contributed by atoms with E-state index in [1.54, 1.807) is 0 Å². The Bertz CT molecular complexity index is 1240. The van der Waals surface area contributed by atoms with E-state index >= 15 is 0 Å². The van der Waals surface area contributed by atoms with Gasteiger partial charge >= 0.3 is 0 Å². The third-order valence-corrected chi connectivity index (χ3v) is 9.87. The van der Waals surface area contributed by atoms with E-state index in [1.807, 2.05) is 6.92 Å². The Morgan fingerprint density at radius 2 is 1.85 bits per heavy atom. The topological polar surface area (TPSA) is 109 Å². The Kier molecular flexibility index (Phi) is 6.48. The number of anilines is 1. The molecule has 6 nitrogen and oxygen atoms in total. The number of fused-ring (bicyclic) bond motifs is 2. The first-order chi connectivity index (χ1) is 15.9. The van der Waals surface area contributed by atoms with Crippen molar-refractivity contribution in [2.24, 2.45) is 23.5 Å². The van der Waals surface area contributed by atoms with Crippen LogP contribution in [0.4, 0.5) is 18.9 Å². The van der Waals surface area contributed by atoms with Gasteiger partial charge in [0, 0.05) is 29.9 Å². The Morgan fingerprint density at radius 3 is 2.44 bits per heavy atom. The predicted octanol–water partition coefficient (Wildman–Crippen LogP) is 3.91. The highest BCUT2D eigenvalue weighted by Crippen LogP contribution is 2.53. The molecule has 0 spiro atoms. The normalized spacial score (nSPS) is 28.7. The van der Waals surface area contributed by atoms with Crippen LogP contribution in [0.3, 0.4) is 0 Å². The SMILES string of the molecule is C[C@H]1C[C@H]2C[C@](O)(CN)CC1C2S(=O)(=O)c1cc(C(=O)Nc2cc(F)c(F)c(F)c2)ccc1Cl. The molecule has 2 aliphatic carbocycles. The number of amides is 1. The summed E-state index contributed by atoms with van der Waals surface area (Å²) in [5.41, 5.74) is 4.18. The number of hydrogen-bond donors (Lipinski definition) is 3. The molecule has 2 aliphatic rings. The van der Waals surface area contributed by atoms with Crippen molar-refractivity contribution >= 4 is 33.0 Å². The Hall–Kier alpha value is -2.14. The number of carbonyl (C=O) groups is 1. The highest BCUT2D eigenvalue weighted by molar-refractivity contribution is 7.92. The second-order valence-corrected chi connectivity index (χ2v) is 11.8. The van der Waals surface area contributed by atoms with Crippen molar-refractivity contribution in [2.45, 2.75) is 41.9 Å². The zero-order valence-corrected chi connectivity index (χ0v) is 19.8. The molecule has 0 aromatic heterocycles. The minimum atomic E-state index is -4.00. The summed E-state index contributed by atoms with van der Waals surface area (Å²) in [5.74, 6) is -6.06. The van der Waals surface area contributed by atoms with Gasteiger partial charge in [-0.2, -0.15) is 0 Å². The number of carbonyl (C=O) groups excluding carboxylic acids is 1. The van der Waals surface area contributed by atoms with Crippen LogP contribution in [0.2, 0.25) is 5.02 Å². The molecule has 2 saturated carbocycles. The molecule has 4 rings (SSSR count). The average molecular weight is 517 g/mol. The Balaban J connectivity index is 1.65. The third kappa shape index (κ3) is 4.32. The molecule has 0 heterocycles. The van der Waals surface area contributed by atoms with Crippen LogP contribution in [0.15, 0.2) is 35.2 Å². The maximum atomic E-state index is 13.7. The molecule has 0 radical (unpaired) electrons. The quantitative estimate of drug-likeness (QED) is 0.522. The van der Waals surface area contributed by atoms with E-state index in [9.17, 15) is 31.5 Å². The Labute approximate surface area is 200 Å². The van der Waals surface area contributed by atoms with E-state index in [0.29, 0.717) is 18.6 Å². The van der Waals surface area contributed by atoms with Crippen molar-refractivity contribution in [1.82, 2.24) is 0 Å². The lowest BCUT2D eigenvalue weighted by Crippen LogP contribution is -2.50. The number of nitrogens with two attached hydrogens (primary N) is 1. The van der Waals surface area contributed by atoms with Gasteiger partial charge in [-0.3, -0.25) is 4.79 Å². The molecule has 4 N–H and O–H groups in total. The lowest BCUT2D eigenvalue weighted by atomic mass is 9.76. The maximum Gasteiger partial charge on any atom is 0.255 e. The van der Waals surface area contributed by atoms with E-state index < -0.39 is 44.0 Å². The number of halogens is 4. The zero-order chi connectivity index (χ0) is 25.0. The minimum Gasteiger partial charge on any atom is -0.389 e. The number of rotatable bonds is 5. The standard InChI is InChI=1S/C23H24ClF3N2O4S/c1-11-4-13-8-23(31,10-28)9-15(11)21(13)34(32,33)19-5-12(2-3-16(19)24)22(30)29-14-6-17(25)20(27)18(26)7-14/h2-3,5-7,11,13,15,21,31H,4,8-10,28H2,1H3,(H,29,30)/t11-,13-,15?,21?,23+/m0/s1. The lowest BCUT2D eigenvalue weighted by Gasteiger charge is -2.40. The molecule has 2 unspecified atom stereocenters. The van der Waals surface area contributed by atoms with E-state index in [2.05, 4.69) is 5.32 Å². The number of nitrogens with one attached hydrogen (secondary N) is 1. The van der Waals surface area contributed by atoms with Crippen molar-refractivity contribution in [3.63, 3.8) is 0 Å². The molecule has 11 heteroatoms. The van der Waals surface area contributed by atoms with Crippen molar-refractivity contribution in [1.29, 1.82) is 0 Å². The van der Waals surface area contributed by atoms with E-state index in [0.717, 1.165) is 6.07 Å². The van der Waals surface area contributed by atoms with Crippen molar-refractivity contribution in [2.75, 3.05) is 11.9 Å². The van der Waals surface area contributed by atoms with Crippen LogP contribution in [-0.2, 0) is 9.84 Å². The van der Waals surface area contributed by atoms with Crippen LogP contribution in [0.1, 0.15) is 36.5 Å². The highest BCUT2D eigenvalue weighted by atomic mass is 35.5. The fraction of sp³-hybridized carbons (Fsp3) is 0.435. The minimum absolute atomic E-state index is 0.0421. The highest BCUT2D eigenvalue weighted by Gasteiger charge is 2.56. The molecule has 2 aromatic carbocycles. The average Bonchev–Trinajstić information content (AvgIpc) is 2.99. The number of sulfone groups is 1. The molecular formula is C23H24ClF3N2O4S. The van der Waals surface area contributed by atoms with Gasteiger partial charge < -0.3 is 16.2 Å². The van der Waals surface area contributed by atoms with Gasteiger partial charge in [0.25, 0.3) is 5.91 Å². The summed E-state index contributed by atoms with van der Waals surface area (Å²) in [6, 6.07) is 4.89. The van der Waals surface area contributed by atoms with Crippen LogP contribution in [0.5, 0.6) is 0 Å². The van der Waals surface area contributed by atoms with Gasteiger partial charge in [0.2, 0.25) is 0 Å². The number of aliphatic hydroxyl groups is 1. The second-order valence-electron chi connectivity index (χ2n) is 9.34. The van der Waals surface area contributed by atoms with Crippen LogP contribution in [0.25, 0.3) is 0 Å². The number of benzene rings is 2. The van der Waals surface area contributed by atoms with Crippen molar-refractivity contribution in [3.05, 3.63) is 58.4 Å². The molecule has 184 valence electrons. The summed E-state index contributed by atoms with van der Waals surface area (Å²) in [7, 11) is -4.00. The van der Waals surface area contributed by atoms with E-state index in [4.69, 9.17) is 17.3 Å². The molecule has 5 atom stereocenters. The zero-order valence-electron chi connectivity index (χ0n) is 18.2. The molecule has 2 aromatic rings. The fourth-order valence-corrected chi connectivity index (χ4v) is 8.38. The largest absolute Gasteiger partial charge is 0.389 e. The fourth-order valence-electron chi connectivity index (χ4n) is 5.48. The first kappa shape index (κ1) is 25.0. The monoisotopic (exact) mass is 516 g/mol. The van der Waals surface area contributed by atoms with E-state index in [1.165, 1.54) is 12.1 Å². The van der Waals surface area contributed by atoms with Gasteiger partial charge in [-0.15, -0.1) is 0 Å². The van der Waals surface area contributed by atoms with E-state index in [-0.39, 0.29) is 58.3 Å². The number of hydrogen-bond acceptors (Lipinski definition) is 5. The molecule has 0 saturated heterocycles. The van der Waals surface area contributed by atoms with Gasteiger partial charge in [-0.25, -0.2) is 21.6 Å². The summed E-state index contributed by atoms with van der Waals surface area (Å²) >= 11 is 6.24. The maximum absolute atomic E-state index is 13.7. The van der Waals surface area contributed by atoms with Gasteiger partial charge in [0.05, 0.1) is 20.8 Å². The first-order valence-corrected chi connectivity index (χ1v) is 12.7. The molecule has 2 bridgehead atoms. The summed E-state index contributed by atoms with van der Waals surface area (Å²) in [6.07, 6.45) is 1.13. The third-order valence-electron chi connectivity index (χ3n) is 7.03. The van der Waals surface area contributed by atoms with Crippen LogP contribution in [-0.4, -0.2) is 36.8 Å². The Morgan fingerprint density at radius 1 is 1.21 bits per heavy atom. The summed E-state index contributed by atoms with van der Waals surface area (Å²) in [6.45, 7) is 1.99. The van der Waals surface area contributed by atoms with Gasteiger partial charge in [-0.05, 0) is 55.2 Å². The van der Waals surface area contributed by atoms with Crippen LogP contribution in [0, 0.1) is 35.2 Å². The molecule has 34 heavy (non-hydrogen) atoms. The second kappa shape index (κ2) is 8.82. The predicted molar refractivity (Wildman–Crippen MR) is 121 cm³/mol. The molecule has 1 amide bonds. The van der Waals surface area contributed by atoms with Crippen molar-refractivity contribution in [3.8, 4) is 0 Å². The molecular weight excluding hydrogens is 493 g/mol. The lowest BCUT2D eigenvalue weighted by molar-refractivity contribution is -0.0130. The molecule has 2 fully saturated rings. The first-order valence-electron chi connectivity index (χ1n) is 10.8. The van der Waals surface area contributed by atoms with Crippen LogP contribution >= 0.6 is 11.6 Å². The summed E-state index contributed by atoms with van der Waals surface area (Å²) in [5, 5.41) is 12.1. The van der Waals surface area contributed by atoms with Gasteiger partial charge in [-0.1, -0.05) is 18.5 Å². The summed E-state index contributed by atoms with van der Waals surface area (Å²) in [4.78, 5) is 12.4. The smallest absolute Gasteiger partial charge is 0.255 e. The molecule has 0 aliphatic heterocycles. The van der Waals surface area contributed by atoms with Gasteiger partial charge in [0.15, 0.2) is 27.3 Å². The van der Waals surface area contributed by atoms with Crippen LogP contribution < -0.4 is 11.1 Å².